The molecule has 2 aromatic rings. The van der Waals surface area contributed by atoms with Crippen molar-refractivity contribution < 1.29 is 9.47 Å². The third-order valence-corrected chi connectivity index (χ3v) is 3.56. The molecule has 0 aliphatic heterocycles. The SMILES string of the molecule is COc1cc(Nc2c(N)cncc2Br)c(OC)cc1Cl. The van der Waals surface area contributed by atoms with Gasteiger partial charge in [-0.2, -0.15) is 0 Å². The van der Waals surface area contributed by atoms with Crippen LogP contribution in [0.4, 0.5) is 17.1 Å². The summed E-state index contributed by atoms with van der Waals surface area (Å²) in [5.74, 6) is 1.12. The van der Waals surface area contributed by atoms with E-state index in [1.807, 2.05) is 0 Å². The second kappa shape index (κ2) is 6.19. The molecule has 0 fully saturated rings. The van der Waals surface area contributed by atoms with E-state index in [1.54, 1.807) is 38.7 Å². The number of nitrogen functional groups attached to an aromatic ring is 1. The van der Waals surface area contributed by atoms with Crippen molar-refractivity contribution in [3.63, 3.8) is 0 Å². The first kappa shape index (κ1) is 14.7. The second-order valence-corrected chi connectivity index (χ2v) is 5.16. The molecule has 1 heterocycles. The van der Waals surface area contributed by atoms with Crippen LogP contribution in [0.1, 0.15) is 0 Å². The highest BCUT2D eigenvalue weighted by Crippen LogP contribution is 2.39. The molecular formula is C13H13BrClN3O2. The number of pyridine rings is 1. The number of nitrogens with one attached hydrogen (secondary N) is 1. The van der Waals surface area contributed by atoms with Crippen LogP contribution >= 0.6 is 27.5 Å². The molecule has 0 saturated heterocycles. The Labute approximate surface area is 130 Å². The van der Waals surface area contributed by atoms with Crippen molar-refractivity contribution in [2.24, 2.45) is 0 Å². The Kier molecular flexibility index (Phi) is 4.57. The number of aromatic nitrogens is 1. The molecule has 20 heavy (non-hydrogen) atoms. The minimum Gasteiger partial charge on any atom is -0.495 e. The molecule has 0 unspecified atom stereocenters. The summed E-state index contributed by atoms with van der Waals surface area (Å²) in [4.78, 5) is 3.99. The standard InChI is InChI=1S/C13H13BrClN3O2/c1-19-11-4-10(12(20-2)3-8(11)15)18-13-7(14)5-17-6-9(13)16/h3-6H,16H2,1-2H3,(H,17,18). The molecule has 0 aliphatic carbocycles. The van der Waals surface area contributed by atoms with Gasteiger partial charge in [0.25, 0.3) is 0 Å². The summed E-state index contributed by atoms with van der Waals surface area (Å²) >= 11 is 9.47. The molecule has 0 atom stereocenters. The highest BCUT2D eigenvalue weighted by atomic mass is 79.9. The maximum Gasteiger partial charge on any atom is 0.144 e. The van der Waals surface area contributed by atoms with Gasteiger partial charge < -0.3 is 20.5 Å². The maximum atomic E-state index is 6.07. The van der Waals surface area contributed by atoms with Crippen molar-refractivity contribution >= 4 is 44.6 Å². The van der Waals surface area contributed by atoms with Gasteiger partial charge in [0.1, 0.15) is 11.5 Å². The van der Waals surface area contributed by atoms with Crippen molar-refractivity contribution in [3.8, 4) is 11.5 Å². The van der Waals surface area contributed by atoms with E-state index in [2.05, 4.69) is 26.2 Å². The molecule has 2 rings (SSSR count). The molecule has 5 nitrogen and oxygen atoms in total. The quantitative estimate of drug-likeness (QED) is 0.869. The molecule has 0 radical (unpaired) electrons. The number of anilines is 3. The van der Waals surface area contributed by atoms with Crippen LogP contribution in [0.5, 0.6) is 11.5 Å². The predicted molar refractivity (Wildman–Crippen MR) is 84.2 cm³/mol. The number of benzene rings is 1. The number of rotatable bonds is 4. The number of nitrogens with two attached hydrogens (primary N) is 1. The van der Waals surface area contributed by atoms with E-state index in [4.69, 9.17) is 26.8 Å². The number of hydrogen-bond donors (Lipinski definition) is 2. The topological polar surface area (TPSA) is 69.4 Å². The Morgan fingerprint density at radius 2 is 1.90 bits per heavy atom. The molecule has 7 heteroatoms. The highest BCUT2D eigenvalue weighted by Gasteiger charge is 2.13. The predicted octanol–water partition coefficient (Wildman–Crippen LogP) is 3.84. The number of hydrogen-bond acceptors (Lipinski definition) is 5. The zero-order valence-electron chi connectivity index (χ0n) is 10.9. The Bertz CT molecular complexity index is 617. The van der Waals surface area contributed by atoms with E-state index in [9.17, 15) is 0 Å². The van der Waals surface area contributed by atoms with Crippen LogP contribution in [-0.4, -0.2) is 19.2 Å². The Balaban J connectivity index is 2.47. The van der Waals surface area contributed by atoms with Gasteiger partial charge in [-0.1, -0.05) is 11.6 Å². The molecule has 1 aromatic carbocycles. The van der Waals surface area contributed by atoms with Crippen molar-refractivity contribution in [2.75, 3.05) is 25.3 Å². The van der Waals surface area contributed by atoms with Gasteiger partial charge in [-0.05, 0) is 15.9 Å². The average Bonchev–Trinajstić information content (AvgIpc) is 2.44. The minimum atomic E-state index is 0.469. The molecule has 0 spiro atoms. The molecular weight excluding hydrogens is 346 g/mol. The first-order valence-corrected chi connectivity index (χ1v) is 6.81. The smallest absolute Gasteiger partial charge is 0.144 e. The van der Waals surface area contributed by atoms with Gasteiger partial charge in [-0.3, -0.25) is 4.98 Å². The average molecular weight is 359 g/mol. The van der Waals surface area contributed by atoms with Crippen LogP contribution in [0.3, 0.4) is 0 Å². The van der Waals surface area contributed by atoms with E-state index >= 15 is 0 Å². The zero-order chi connectivity index (χ0) is 14.7. The Hall–Kier alpha value is -1.66. The molecule has 0 bridgehead atoms. The van der Waals surface area contributed by atoms with E-state index in [1.165, 1.54) is 0 Å². The third-order valence-electron chi connectivity index (χ3n) is 2.66. The zero-order valence-corrected chi connectivity index (χ0v) is 13.2. The van der Waals surface area contributed by atoms with Crippen LogP contribution < -0.4 is 20.5 Å². The van der Waals surface area contributed by atoms with Crippen LogP contribution in [-0.2, 0) is 0 Å². The molecule has 0 aliphatic rings. The van der Waals surface area contributed by atoms with Crippen LogP contribution in [0, 0.1) is 0 Å². The lowest BCUT2D eigenvalue weighted by Gasteiger charge is -2.15. The normalized spacial score (nSPS) is 10.2. The number of halogens is 2. The van der Waals surface area contributed by atoms with E-state index in [0.29, 0.717) is 33.6 Å². The summed E-state index contributed by atoms with van der Waals surface area (Å²) in [5.41, 5.74) is 7.80. The van der Waals surface area contributed by atoms with Crippen molar-refractivity contribution in [1.29, 1.82) is 0 Å². The number of methoxy groups -OCH3 is 2. The van der Waals surface area contributed by atoms with E-state index in [0.717, 1.165) is 4.47 Å². The van der Waals surface area contributed by atoms with Gasteiger partial charge in [0.05, 0.1) is 47.0 Å². The Morgan fingerprint density at radius 1 is 1.20 bits per heavy atom. The molecule has 0 amide bonds. The van der Waals surface area contributed by atoms with Gasteiger partial charge in [0, 0.05) is 18.3 Å². The monoisotopic (exact) mass is 357 g/mol. The number of ether oxygens (including phenoxy) is 2. The van der Waals surface area contributed by atoms with E-state index < -0.39 is 0 Å². The Morgan fingerprint density at radius 3 is 2.50 bits per heavy atom. The molecule has 106 valence electrons. The van der Waals surface area contributed by atoms with Crippen LogP contribution in [0.25, 0.3) is 0 Å². The lowest BCUT2D eigenvalue weighted by atomic mass is 10.2. The summed E-state index contributed by atoms with van der Waals surface area (Å²) < 4.78 is 11.2. The third kappa shape index (κ3) is 2.91. The van der Waals surface area contributed by atoms with Crippen molar-refractivity contribution in [3.05, 3.63) is 34.0 Å². The lowest BCUT2D eigenvalue weighted by molar-refractivity contribution is 0.405. The highest BCUT2D eigenvalue weighted by molar-refractivity contribution is 9.10. The molecule has 1 aromatic heterocycles. The molecule has 3 N–H and O–H groups in total. The van der Waals surface area contributed by atoms with Gasteiger partial charge >= 0.3 is 0 Å². The fourth-order valence-corrected chi connectivity index (χ4v) is 2.35. The fraction of sp³-hybridized carbons (Fsp3) is 0.154. The lowest BCUT2D eigenvalue weighted by Crippen LogP contribution is -2.01. The largest absolute Gasteiger partial charge is 0.495 e. The summed E-state index contributed by atoms with van der Waals surface area (Å²) in [5, 5.41) is 3.66. The summed E-state index contributed by atoms with van der Waals surface area (Å²) in [7, 11) is 3.11. The van der Waals surface area contributed by atoms with Crippen molar-refractivity contribution in [1.82, 2.24) is 4.98 Å². The van der Waals surface area contributed by atoms with Gasteiger partial charge in [0.15, 0.2) is 0 Å². The second-order valence-electron chi connectivity index (χ2n) is 3.90. The fourth-order valence-electron chi connectivity index (χ4n) is 1.67. The summed E-state index contributed by atoms with van der Waals surface area (Å²) in [6.07, 6.45) is 3.21. The van der Waals surface area contributed by atoms with Gasteiger partial charge in [-0.25, -0.2) is 0 Å². The van der Waals surface area contributed by atoms with Crippen molar-refractivity contribution in [2.45, 2.75) is 0 Å². The summed E-state index contributed by atoms with van der Waals surface area (Å²) in [6.45, 7) is 0. The van der Waals surface area contributed by atoms with Gasteiger partial charge in [0.2, 0.25) is 0 Å². The first-order valence-electron chi connectivity index (χ1n) is 5.64. The molecule has 0 saturated carbocycles. The van der Waals surface area contributed by atoms with Gasteiger partial charge in [-0.15, -0.1) is 0 Å². The summed E-state index contributed by atoms with van der Waals surface area (Å²) in [6, 6.07) is 3.42. The maximum absolute atomic E-state index is 6.07. The van der Waals surface area contributed by atoms with E-state index in [-0.39, 0.29) is 0 Å². The van der Waals surface area contributed by atoms with Crippen LogP contribution in [0.15, 0.2) is 29.0 Å². The first-order chi connectivity index (χ1) is 9.56. The minimum absolute atomic E-state index is 0.469. The van der Waals surface area contributed by atoms with Crippen LogP contribution in [0.2, 0.25) is 5.02 Å². The number of nitrogens with zero attached hydrogens (tertiary/aromatic N) is 1.